The van der Waals surface area contributed by atoms with E-state index in [1.54, 1.807) is 6.92 Å². The minimum Gasteiger partial charge on any atom is -0.454 e. The Balaban J connectivity index is 1.99. The molecule has 0 aromatic heterocycles. The molecule has 0 spiro atoms. The Morgan fingerprint density at radius 1 is 1.25 bits per heavy atom. The van der Waals surface area contributed by atoms with Gasteiger partial charge in [-0.3, -0.25) is 0 Å². The van der Waals surface area contributed by atoms with Crippen molar-refractivity contribution in [3.8, 4) is 11.5 Å². The summed E-state index contributed by atoms with van der Waals surface area (Å²) in [6, 6.07) is 5.73. The lowest BCUT2D eigenvalue weighted by molar-refractivity contribution is 0.174. The van der Waals surface area contributed by atoms with Gasteiger partial charge in [0.2, 0.25) is 6.79 Å². The van der Waals surface area contributed by atoms with Crippen LogP contribution in [0.4, 0.5) is 0 Å². The van der Waals surface area contributed by atoms with E-state index in [9.17, 15) is 8.42 Å². The van der Waals surface area contributed by atoms with Gasteiger partial charge in [0.1, 0.15) is 0 Å². The zero-order valence-electron chi connectivity index (χ0n) is 12.0. The SMILES string of the molecule is CCS(=O)(=O)CC(C)NC(C)c1ccc2c(c1)OCO2. The smallest absolute Gasteiger partial charge is 0.231 e. The largest absolute Gasteiger partial charge is 0.454 e. The van der Waals surface area contributed by atoms with Crippen LogP contribution in [0.2, 0.25) is 0 Å². The fourth-order valence-corrected chi connectivity index (χ4v) is 3.35. The molecule has 2 unspecified atom stereocenters. The summed E-state index contributed by atoms with van der Waals surface area (Å²) in [4.78, 5) is 0. The van der Waals surface area contributed by atoms with Crippen LogP contribution >= 0.6 is 0 Å². The normalized spacial score (nSPS) is 16.9. The Labute approximate surface area is 120 Å². The van der Waals surface area contributed by atoms with E-state index in [0.717, 1.165) is 17.1 Å². The lowest BCUT2D eigenvalue weighted by Gasteiger charge is -2.20. The molecule has 1 heterocycles. The molecule has 0 saturated heterocycles. The maximum Gasteiger partial charge on any atom is 0.231 e. The van der Waals surface area contributed by atoms with Gasteiger partial charge in [-0.15, -0.1) is 0 Å². The minimum absolute atomic E-state index is 0.0477. The molecule has 0 aliphatic carbocycles. The molecule has 0 fully saturated rings. The van der Waals surface area contributed by atoms with Crippen LogP contribution in [0.5, 0.6) is 11.5 Å². The average molecular weight is 299 g/mol. The topological polar surface area (TPSA) is 64.6 Å². The molecule has 0 amide bonds. The standard InChI is InChI=1S/C14H21NO4S/c1-4-20(16,17)8-10(2)15-11(3)12-5-6-13-14(7-12)19-9-18-13/h5-7,10-11,15H,4,8-9H2,1-3H3. The number of benzene rings is 1. The molecule has 1 N–H and O–H groups in total. The highest BCUT2D eigenvalue weighted by Gasteiger charge is 2.19. The molecular formula is C14H21NO4S. The van der Waals surface area contributed by atoms with E-state index in [2.05, 4.69) is 5.32 Å². The van der Waals surface area contributed by atoms with Crippen molar-refractivity contribution in [2.24, 2.45) is 0 Å². The Hall–Kier alpha value is -1.27. The van der Waals surface area contributed by atoms with Gasteiger partial charge >= 0.3 is 0 Å². The molecule has 0 saturated carbocycles. The van der Waals surface area contributed by atoms with Gasteiger partial charge in [-0.2, -0.15) is 0 Å². The van der Waals surface area contributed by atoms with Crippen LogP contribution in [0, 0.1) is 0 Å². The first-order valence-electron chi connectivity index (χ1n) is 6.77. The van der Waals surface area contributed by atoms with Crippen LogP contribution in [-0.2, 0) is 9.84 Å². The van der Waals surface area contributed by atoms with E-state index in [1.165, 1.54) is 0 Å². The van der Waals surface area contributed by atoms with Crippen LogP contribution in [0.15, 0.2) is 18.2 Å². The second kappa shape index (κ2) is 6.01. The van der Waals surface area contributed by atoms with Crippen LogP contribution in [0.1, 0.15) is 32.4 Å². The second-order valence-electron chi connectivity index (χ2n) is 5.10. The number of sulfone groups is 1. The summed E-state index contributed by atoms with van der Waals surface area (Å²) in [6.07, 6.45) is 0. The van der Waals surface area contributed by atoms with Gasteiger partial charge < -0.3 is 14.8 Å². The van der Waals surface area contributed by atoms with Crippen molar-refractivity contribution < 1.29 is 17.9 Å². The average Bonchev–Trinajstić information content (AvgIpc) is 2.84. The zero-order chi connectivity index (χ0) is 14.8. The maximum absolute atomic E-state index is 11.6. The summed E-state index contributed by atoms with van der Waals surface area (Å²) >= 11 is 0. The van der Waals surface area contributed by atoms with Crippen molar-refractivity contribution in [3.05, 3.63) is 23.8 Å². The lowest BCUT2D eigenvalue weighted by Crippen LogP contribution is -2.35. The molecule has 1 aliphatic heterocycles. The molecule has 0 bridgehead atoms. The van der Waals surface area contributed by atoms with Crippen molar-refractivity contribution in [2.75, 3.05) is 18.3 Å². The second-order valence-corrected chi connectivity index (χ2v) is 7.50. The van der Waals surface area contributed by atoms with E-state index >= 15 is 0 Å². The van der Waals surface area contributed by atoms with E-state index in [-0.39, 0.29) is 30.4 Å². The summed E-state index contributed by atoms with van der Waals surface area (Å²) in [5.74, 6) is 1.82. The maximum atomic E-state index is 11.6. The molecule has 2 rings (SSSR count). The van der Waals surface area contributed by atoms with Crippen molar-refractivity contribution in [1.82, 2.24) is 5.32 Å². The summed E-state index contributed by atoms with van der Waals surface area (Å²) < 4.78 is 33.8. The molecule has 1 aromatic rings. The van der Waals surface area contributed by atoms with Crippen LogP contribution < -0.4 is 14.8 Å². The van der Waals surface area contributed by atoms with E-state index < -0.39 is 9.84 Å². The first kappa shape index (κ1) is 15.1. The number of fused-ring (bicyclic) bond motifs is 1. The fraction of sp³-hybridized carbons (Fsp3) is 0.571. The number of rotatable bonds is 6. The van der Waals surface area contributed by atoms with Gasteiger partial charge in [0.05, 0.1) is 5.75 Å². The van der Waals surface area contributed by atoms with Gasteiger partial charge in [-0.05, 0) is 31.5 Å². The van der Waals surface area contributed by atoms with Crippen LogP contribution in [0.3, 0.4) is 0 Å². The summed E-state index contributed by atoms with van der Waals surface area (Å²) in [7, 11) is -2.96. The highest BCUT2D eigenvalue weighted by Crippen LogP contribution is 2.34. The Morgan fingerprint density at radius 3 is 2.65 bits per heavy atom. The molecule has 20 heavy (non-hydrogen) atoms. The van der Waals surface area contributed by atoms with E-state index in [1.807, 2.05) is 32.0 Å². The van der Waals surface area contributed by atoms with Crippen molar-refractivity contribution >= 4 is 9.84 Å². The molecule has 0 radical (unpaired) electrons. The van der Waals surface area contributed by atoms with Crippen molar-refractivity contribution in [2.45, 2.75) is 32.9 Å². The predicted molar refractivity (Wildman–Crippen MR) is 77.9 cm³/mol. The van der Waals surface area contributed by atoms with E-state index in [0.29, 0.717) is 0 Å². The van der Waals surface area contributed by atoms with Crippen molar-refractivity contribution in [1.29, 1.82) is 0 Å². The summed E-state index contributed by atoms with van der Waals surface area (Å²) in [6.45, 7) is 5.82. The van der Waals surface area contributed by atoms with Gasteiger partial charge in [0, 0.05) is 17.8 Å². The zero-order valence-corrected chi connectivity index (χ0v) is 12.9. The molecule has 112 valence electrons. The molecule has 6 heteroatoms. The Kier molecular flexibility index (Phi) is 4.55. The summed E-state index contributed by atoms with van der Waals surface area (Å²) in [5, 5.41) is 3.30. The minimum atomic E-state index is -2.96. The van der Waals surface area contributed by atoms with Crippen LogP contribution in [0.25, 0.3) is 0 Å². The molecule has 1 aliphatic rings. The molecule has 2 atom stereocenters. The Bertz CT molecular complexity index is 571. The first-order chi connectivity index (χ1) is 9.41. The summed E-state index contributed by atoms with van der Waals surface area (Å²) in [5.41, 5.74) is 1.05. The molecule has 1 aromatic carbocycles. The fourth-order valence-electron chi connectivity index (χ4n) is 2.25. The van der Waals surface area contributed by atoms with E-state index in [4.69, 9.17) is 9.47 Å². The van der Waals surface area contributed by atoms with Gasteiger partial charge in [0.25, 0.3) is 0 Å². The number of hydrogen-bond donors (Lipinski definition) is 1. The third-order valence-electron chi connectivity index (χ3n) is 3.37. The van der Waals surface area contributed by atoms with Crippen LogP contribution in [-0.4, -0.2) is 32.8 Å². The van der Waals surface area contributed by atoms with Gasteiger partial charge in [-0.25, -0.2) is 8.42 Å². The predicted octanol–water partition coefficient (Wildman–Crippen LogP) is 1.89. The van der Waals surface area contributed by atoms with Crippen molar-refractivity contribution in [3.63, 3.8) is 0 Å². The molecule has 5 nitrogen and oxygen atoms in total. The van der Waals surface area contributed by atoms with Gasteiger partial charge in [-0.1, -0.05) is 13.0 Å². The molecular weight excluding hydrogens is 278 g/mol. The third kappa shape index (κ3) is 3.64. The quantitative estimate of drug-likeness (QED) is 0.869. The highest BCUT2D eigenvalue weighted by molar-refractivity contribution is 7.91. The monoisotopic (exact) mass is 299 g/mol. The number of nitrogens with one attached hydrogen (secondary N) is 1. The number of ether oxygens (including phenoxy) is 2. The van der Waals surface area contributed by atoms with Gasteiger partial charge in [0.15, 0.2) is 21.3 Å². The highest BCUT2D eigenvalue weighted by atomic mass is 32.2. The lowest BCUT2D eigenvalue weighted by atomic mass is 10.1. The third-order valence-corrected chi connectivity index (χ3v) is 5.26. The Morgan fingerprint density at radius 2 is 1.95 bits per heavy atom. The first-order valence-corrected chi connectivity index (χ1v) is 8.59. The number of hydrogen-bond acceptors (Lipinski definition) is 5.